The number of fused-ring (bicyclic) bond motifs is 1. The van der Waals surface area contributed by atoms with E-state index in [9.17, 15) is 9.90 Å². The number of nitrogens with zero attached hydrogens (tertiary/aromatic N) is 2. The monoisotopic (exact) mass is 354 g/mol. The van der Waals surface area contributed by atoms with Crippen molar-refractivity contribution in [2.45, 2.75) is 11.9 Å². The van der Waals surface area contributed by atoms with Crippen LogP contribution in [0.1, 0.15) is 17.3 Å². The molecule has 5 nitrogen and oxygen atoms in total. The Labute approximate surface area is 144 Å². The SMILES string of the molecule is CCOC(=O)c1c(SC)nc2c(Cl)cccc2c1N(C)CCO. The van der Waals surface area contributed by atoms with E-state index >= 15 is 0 Å². The van der Waals surface area contributed by atoms with Gasteiger partial charge in [-0.25, -0.2) is 9.78 Å². The second-order valence-corrected chi connectivity index (χ2v) is 6.05. The van der Waals surface area contributed by atoms with Gasteiger partial charge in [0.25, 0.3) is 0 Å². The van der Waals surface area contributed by atoms with Gasteiger partial charge in [0.1, 0.15) is 10.6 Å². The van der Waals surface area contributed by atoms with E-state index in [-0.39, 0.29) is 13.2 Å². The summed E-state index contributed by atoms with van der Waals surface area (Å²) in [6.45, 7) is 2.39. The molecule has 2 aromatic rings. The molecule has 0 spiro atoms. The minimum Gasteiger partial charge on any atom is -0.462 e. The highest BCUT2D eigenvalue weighted by Crippen LogP contribution is 2.37. The van der Waals surface area contributed by atoms with Gasteiger partial charge in [0.2, 0.25) is 0 Å². The Kier molecular flexibility index (Phi) is 6.10. The third-order valence-electron chi connectivity index (χ3n) is 3.40. The lowest BCUT2D eigenvalue weighted by Crippen LogP contribution is -2.25. The molecular formula is C16H19ClN2O3S. The van der Waals surface area contributed by atoms with Crippen molar-refractivity contribution in [2.75, 3.05) is 38.0 Å². The van der Waals surface area contributed by atoms with Crippen molar-refractivity contribution in [3.63, 3.8) is 0 Å². The third kappa shape index (κ3) is 3.54. The number of likely N-dealkylation sites (N-methyl/N-ethyl adjacent to an activating group) is 1. The number of halogens is 1. The van der Waals surface area contributed by atoms with Crippen LogP contribution in [0.25, 0.3) is 10.9 Å². The van der Waals surface area contributed by atoms with E-state index in [0.29, 0.717) is 33.4 Å². The molecular weight excluding hydrogens is 336 g/mol. The Morgan fingerprint density at radius 1 is 1.48 bits per heavy atom. The second-order valence-electron chi connectivity index (χ2n) is 4.85. The standard InChI is InChI=1S/C16H19ClN2O3S/c1-4-22-16(21)12-14(19(2)8-9-20)10-6-5-7-11(17)13(10)18-15(12)23-3/h5-7,20H,4,8-9H2,1-3H3. The molecule has 124 valence electrons. The number of aliphatic hydroxyl groups is 1. The molecule has 0 radical (unpaired) electrons. The number of para-hydroxylation sites is 1. The summed E-state index contributed by atoms with van der Waals surface area (Å²) in [5.74, 6) is -0.425. The molecule has 0 atom stereocenters. The lowest BCUT2D eigenvalue weighted by Gasteiger charge is -2.24. The van der Waals surface area contributed by atoms with Crippen LogP contribution < -0.4 is 4.90 Å². The predicted molar refractivity (Wildman–Crippen MR) is 94.8 cm³/mol. The summed E-state index contributed by atoms with van der Waals surface area (Å²) in [5.41, 5.74) is 1.71. The molecule has 0 saturated carbocycles. The number of anilines is 1. The van der Waals surface area contributed by atoms with Crippen LogP contribution in [0.4, 0.5) is 5.69 Å². The first-order valence-corrected chi connectivity index (χ1v) is 8.80. The highest BCUT2D eigenvalue weighted by molar-refractivity contribution is 7.98. The number of ether oxygens (including phenoxy) is 1. The molecule has 0 fully saturated rings. The topological polar surface area (TPSA) is 62.7 Å². The molecule has 0 bridgehead atoms. The molecule has 0 unspecified atom stereocenters. The zero-order valence-electron chi connectivity index (χ0n) is 13.3. The Bertz CT molecular complexity index is 724. The minimum atomic E-state index is -0.425. The average Bonchev–Trinajstić information content (AvgIpc) is 2.54. The summed E-state index contributed by atoms with van der Waals surface area (Å²) in [4.78, 5) is 18.9. The lowest BCUT2D eigenvalue weighted by molar-refractivity contribution is 0.0522. The fourth-order valence-electron chi connectivity index (χ4n) is 2.41. The summed E-state index contributed by atoms with van der Waals surface area (Å²) >= 11 is 7.64. The first-order chi connectivity index (χ1) is 11.0. The second kappa shape index (κ2) is 7.86. The maximum absolute atomic E-state index is 12.5. The van der Waals surface area contributed by atoms with Gasteiger partial charge in [0, 0.05) is 19.0 Å². The number of pyridine rings is 1. The third-order valence-corrected chi connectivity index (χ3v) is 4.38. The Balaban J connectivity index is 2.83. The number of thioether (sulfide) groups is 1. The van der Waals surface area contributed by atoms with Gasteiger partial charge in [0.15, 0.2) is 0 Å². The number of benzene rings is 1. The number of hydrogen-bond donors (Lipinski definition) is 1. The maximum Gasteiger partial charge on any atom is 0.343 e. The van der Waals surface area contributed by atoms with Crippen LogP contribution >= 0.6 is 23.4 Å². The molecule has 1 aromatic carbocycles. The van der Waals surface area contributed by atoms with E-state index in [4.69, 9.17) is 16.3 Å². The summed E-state index contributed by atoms with van der Waals surface area (Å²) in [7, 11) is 1.82. The van der Waals surface area contributed by atoms with E-state index in [2.05, 4.69) is 4.98 Å². The maximum atomic E-state index is 12.5. The van der Waals surface area contributed by atoms with Crippen molar-refractivity contribution < 1.29 is 14.6 Å². The fraction of sp³-hybridized carbons (Fsp3) is 0.375. The number of aromatic nitrogens is 1. The van der Waals surface area contributed by atoms with Crippen molar-refractivity contribution >= 4 is 45.9 Å². The molecule has 1 aromatic heterocycles. The minimum absolute atomic E-state index is 0.0300. The number of aliphatic hydroxyl groups excluding tert-OH is 1. The van der Waals surface area contributed by atoms with Crippen LogP contribution in [0.3, 0.4) is 0 Å². The number of esters is 1. The van der Waals surface area contributed by atoms with Crippen LogP contribution in [0.15, 0.2) is 23.2 Å². The zero-order chi connectivity index (χ0) is 17.0. The van der Waals surface area contributed by atoms with Crippen LogP contribution in [0.5, 0.6) is 0 Å². The Hall–Kier alpha value is -1.50. The molecule has 0 aliphatic carbocycles. The molecule has 0 aliphatic rings. The van der Waals surface area contributed by atoms with Crippen molar-refractivity contribution in [3.05, 3.63) is 28.8 Å². The van der Waals surface area contributed by atoms with Crippen LogP contribution in [0.2, 0.25) is 5.02 Å². The molecule has 0 aliphatic heterocycles. The Morgan fingerprint density at radius 2 is 2.22 bits per heavy atom. The van der Waals surface area contributed by atoms with Gasteiger partial charge in [-0.05, 0) is 19.2 Å². The van der Waals surface area contributed by atoms with E-state index < -0.39 is 5.97 Å². The van der Waals surface area contributed by atoms with Gasteiger partial charge in [-0.15, -0.1) is 11.8 Å². The van der Waals surface area contributed by atoms with Crippen molar-refractivity contribution in [1.82, 2.24) is 4.98 Å². The average molecular weight is 355 g/mol. The highest BCUT2D eigenvalue weighted by Gasteiger charge is 2.25. The van der Waals surface area contributed by atoms with E-state index in [1.807, 2.05) is 30.3 Å². The quantitative estimate of drug-likeness (QED) is 0.635. The predicted octanol–water partition coefficient (Wildman–Crippen LogP) is 3.22. The molecule has 2 rings (SSSR count). The van der Waals surface area contributed by atoms with E-state index in [1.165, 1.54) is 11.8 Å². The molecule has 0 saturated heterocycles. The van der Waals surface area contributed by atoms with Crippen molar-refractivity contribution in [2.24, 2.45) is 0 Å². The largest absolute Gasteiger partial charge is 0.462 e. The van der Waals surface area contributed by atoms with Crippen molar-refractivity contribution in [3.8, 4) is 0 Å². The van der Waals surface area contributed by atoms with Gasteiger partial charge >= 0.3 is 5.97 Å². The molecule has 23 heavy (non-hydrogen) atoms. The molecule has 1 N–H and O–H groups in total. The number of carbonyl (C=O) groups is 1. The highest BCUT2D eigenvalue weighted by atomic mass is 35.5. The number of rotatable bonds is 6. The first kappa shape index (κ1) is 17.8. The van der Waals surface area contributed by atoms with Gasteiger partial charge in [-0.1, -0.05) is 23.7 Å². The number of hydrogen-bond acceptors (Lipinski definition) is 6. The fourth-order valence-corrected chi connectivity index (χ4v) is 3.19. The summed E-state index contributed by atoms with van der Waals surface area (Å²) in [6, 6.07) is 5.45. The van der Waals surface area contributed by atoms with Crippen LogP contribution in [-0.2, 0) is 4.74 Å². The lowest BCUT2D eigenvalue weighted by atomic mass is 10.1. The first-order valence-electron chi connectivity index (χ1n) is 7.20. The Morgan fingerprint density at radius 3 is 2.83 bits per heavy atom. The van der Waals surface area contributed by atoms with Gasteiger partial charge in [0.05, 0.1) is 29.4 Å². The molecule has 0 amide bonds. The normalized spacial score (nSPS) is 10.8. The summed E-state index contributed by atoms with van der Waals surface area (Å²) in [6.07, 6.45) is 1.85. The zero-order valence-corrected chi connectivity index (χ0v) is 14.9. The van der Waals surface area contributed by atoms with Gasteiger partial charge < -0.3 is 14.7 Å². The smallest absolute Gasteiger partial charge is 0.343 e. The molecule has 7 heteroatoms. The van der Waals surface area contributed by atoms with Gasteiger partial charge in [-0.2, -0.15) is 0 Å². The van der Waals surface area contributed by atoms with Crippen LogP contribution in [-0.4, -0.2) is 49.1 Å². The molecule has 1 heterocycles. The van der Waals surface area contributed by atoms with E-state index in [1.54, 1.807) is 13.0 Å². The van der Waals surface area contributed by atoms with E-state index in [0.717, 1.165) is 5.39 Å². The number of carbonyl (C=O) groups excluding carboxylic acids is 1. The van der Waals surface area contributed by atoms with Crippen molar-refractivity contribution in [1.29, 1.82) is 0 Å². The summed E-state index contributed by atoms with van der Waals surface area (Å²) < 4.78 is 5.20. The summed E-state index contributed by atoms with van der Waals surface area (Å²) in [5, 5.41) is 11.1. The van der Waals surface area contributed by atoms with Crippen LogP contribution in [0, 0.1) is 0 Å². The van der Waals surface area contributed by atoms with Gasteiger partial charge in [-0.3, -0.25) is 0 Å².